The van der Waals surface area contributed by atoms with E-state index in [9.17, 15) is 9.59 Å². The third-order valence-corrected chi connectivity index (χ3v) is 10.5. The van der Waals surface area contributed by atoms with Crippen molar-refractivity contribution in [3.05, 3.63) is 107 Å². The number of fused-ring (bicyclic) bond motifs is 6. The quantitative estimate of drug-likeness (QED) is 0.0466. The highest BCUT2D eigenvalue weighted by molar-refractivity contribution is 6.18. The van der Waals surface area contributed by atoms with Crippen molar-refractivity contribution < 1.29 is 19.1 Å². The van der Waals surface area contributed by atoms with Gasteiger partial charge in [-0.3, -0.25) is 9.59 Å². The summed E-state index contributed by atoms with van der Waals surface area (Å²) in [5.41, 5.74) is 6.20. The van der Waals surface area contributed by atoms with E-state index in [1.165, 1.54) is 60.8 Å². The molecule has 248 valence electrons. The SMILES string of the molecule is CCCCCCC1(CCCCCC)c2ccccc2-c2ccc(C(=O)CC(=O)c3ccc4c(c3)c(OC)c(OC)c3ccccc34)cc21. The Kier molecular flexibility index (Phi) is 10.3. The summed E-state index contributed by atoms with van der Waals surface area (Å²) in [6.45, 7) is 4.51. The molecular weight excluding hydrogens is 592 g/mol. The van der Waals surface area contributed by atoms with Gasteiger partial charge in [-0.25, -0.2) is 0 Å². The number of Topliss-reactive ketones (excluding diaryl/α,β-unsaturated/α-hetero) is 2. The summed E-state index contributed by atoms with van der Waals surface area (Å²) in [6.07, 6.45) is 11.6. The third-order valence-electron chi connectivity index (χ3n) is 10.5. The summed E-state index contributed by atoms with van der Waals surface area (Å²) < 4.78 is 11.6. The molecule has 0 amide bonds. The van der Waals surface area contributed by atoms with Crippen LogP contribution in [0.5, 0.6) is 11.5 Å². The lowest BCUT2D eigenvalue weighted by Crippen LogP contribution is -2.26. The molecule has 0 N–H and O–H groups in total. The Labute approximate surface area is 285 Å². The zero-order valence-corrected chi connectivity index (χ0v) is 29.0. The smallest absolute Gasteiger partial charge is 0.170 e. The molecule has 5 aromatic rings. The van der Waals surface area contributed by atoms with E-state index in [0.717, 1.165) is 47.2 Å². The zero-order chi connectivity index (χ0) is 33.7. The second-order valence-electron chi connectivity index (χ2n) is 13.4. The molecule has 1 aliphatic carbocycles. The van der Waals surface area contributed by atoms with Crippen LogP contribution in [0.15, 0.2) is 84.9 Å². The fraction of sp³-hybridized carbons (Fsp3) is 0.364. The number of unbranched alkanes of at least 4 members (excludes halogenated alkanes) is 6. The Morgan fingerprint density at radius 1 is 0.542 bits per heavy atom. The van der Waals surface area contributed by atoms with Crippen LogP contribution in [0, 0.1) is 0 Å². The summed E-state index contributed by atoms with van der Waals surface area (Å²) in [4.78, 5) is 27.6. The molecule has 0 saturated carbocycles. The third kappa shape index (κ3) is 6.14. The number of hydrogen-bond donors (Lipinski definition) is 0. The standard InChI is InChI=1S/C44H48O4/c1-5-7-9-15-25-44(26-16-10-8-6-2)38-20-14-13-18-34(38)35-24-22-31(28-39(35)44)41(46)29-40(45)30-21-23-33-32-17-11-12-19-36(32)42(47-3)43(48-4)37(33)27-30/h11-14,17-24,27-28H,5-10,15-16,25-26,29H2,1-4H3. The number of benzene rings is 5. The van der Waals surface area contributed by atoms with E-state index in [1.807, 2.05) is 48.5 Å². The van der Waals surface area contributed by atoms with Crippen LogP contribution in [0.3, 0.4) is 0 Å². The van der Waals surface area contributed by atoms with Crippen LogP contribution in [0.2, 0.25) is 0 Å². The second-order valence-corrected chi connectivity index (χ2v) is 13.4. The van der Waals surface area contributed by atoms with Gasteiger partial charge in [0.15, 0.2) is 23.1 Å². The minimum Gasteiger partial charge on any atom is -0.492 e. The zero-order valence-electron chi connectivity index (χ0n) is 29.0. The largest absolute Gasteiger partial charge is 0.492 e. The predicted molar refractivity (Wildman–Crippen MR) is 198 cm³/mol. The van der Waals surface area contributed by atoms with Crippen molar-refractivity contribution in [2.45, 2.75) is 89.9 Å². The van der Waals surface area contributed by atoms with Crippen LogP contribution >= 0.6 is 0 Å². The molecule has 0 saturated heterocycles. The van der Waals surface area contributed by atoms with Gasteiger partial charge in [0.05, 0.1) is 20.6 Å². The van der Waals surface area contributed by atoms with Crippen LogP contribution < -0.4 is 9.47 Å². The average molecular weight is 641 g/mol. The molecule has 0 aromatic heterocycles. The molecule has 5 aromatic carbocycles. The maximum absolute atomic E-state index is 13.9. The number of ketones is 2. The summed E-state index contributed by atoms with van der Waals surface area (Å²) in [6, 6.07) is 28.7. The fourth-order valence-corrected chi connectivity index (χ4v) is 8.06. The molecule has 0 unspecified atom stereocenters. The van der Waals surface area contributed by atoms with Gasteiger partial charge in [-0.2, -0.15) is 0 Å². The maximum Gasteiger partial charge on any atom is 0.170 e. The van der Waals surface area contributed by atoms with Crippen LogP contribution in [-0.4, -0.2) is 25.8 Å². The first-order valence-corrected chi connectivity index (χ1v) is 17.8. The van der Waals surface area contributed by atoms with E-state index >= 15 is 0 Å². The molecule has 48 heavy (non-hydrogen) atoms. The molecule has 0 bridgehead atoms. The van der Waals surface area contributed by atoms with Crippen LogP contribution in [0.25, 0.3) is 32.7 Å². The first kappa shape index (κ1) is 33.5. The summed E-state index contributed by atoms with van der Waals surface area (Å²) in [7, 11) is 3.24. The highest BCUT2D eigenvalue weighted by Crippen LogP contribution is 2.54. The monoisotopic (exact) mass is 640 g/mol. The molecule has 0 atom stereocenters. The van der Waals surface area contributed by atoms with Crippen LogP contribution in [0.4, 0.5) is 0 Å². The predicted octanol–water partition coefficient (Wildman–Crippen LogP) is 11.7. The van der Waals surface area contributed by atoms with Crippen molar-refractivity contribution >= 4 is 33.1 Å². The number of rotatable bonds is 16. The summed E-state index contributed by atoms with van der Waals surface area (Å²) >= 11 is 0. The number of methoxy groups -OCH3 is 2. The van der Waals surface area contributed by atoms with Gasteiger partial charge in [-0.15, -0.1) is 0 Å². The summed E-state index contributed by atoms with van der Waals surface area (Å²) in [5, 5.41) is 3.73. The number of ether oxygens (including phenoxy) is 2. The van der Waals surface area contributed by atoms with E-state index in [2.05, 4.69) is 50.2 Å². The molecule has 1 aliphatic rings. The van der Waals surface area contributed by atoms with Gasteiger partial charge in [-0.05, 0) is 58.0 Å². The fourth-order valence-electron chi connectivity index (χ4n) is 8.06. The minimum atomic E-state index is -0.203. The van der Waals surface area contributed by atoms with Crippen molar-refractivity contribution in [1.82, 2.24) is 0 Å². The molecule has 0 spiro atoms. The Morgan fingerprint density at radius 2 is 1.08 bits per heavy atom. The number of hydrogen-bond acceptors (Lipinski definition) is 4. The molecule has 6 rings (SSSR count). The van der Waals surface area contributed by atoms with E-state index < -0.39 is 0 Å². The number of carbonyl (C=O) groups is 2. The molecular formula is C44H48O4. The van der Waals surface area contributed by atoms with Gasteiger partial charge in [0.1, 0.15) is 0 Å². The second kappa shape index (κ2) is 14.8. The van der Waals surface area contributed by atoms with E-state index in [4.69, 9.17) is 9.47 Å². The normalized spacial score (nSPS) is 13.0. The van der Waals surface area contributed by atoms with Crippen molar-refractivity contribution in [1.29, 1.82) is 0 Å². The first-order chi connectivity index (χ1) is 23.5. The molecule has 0 radical (unpaired) electrons. The average Bonchev–Trinajstić information content (AvgIpc) is 3.39. The lowest BCUT2D eigenvalue weighted by Gasteiger charge is -2.33. The van der Waals surface area contributed by atoms with Crippen molar-refractivity contribution in [3.8, 4) is 22.6 Å². The lowest BCUT2D eigenvalue weighted by molar-refractivity contribution is 0.0894. The van der Waals surface area contributed by atoms with Crippen molar-refractivity contribution in [2.75, 3.05) is 14.2 Å². The summed E-state index contributed by atoms with van der Waals surface area (Å²) in [5.74, 6) is 0.867. The lowest BCUT2D eigenvalue weighted by atomic mass is 9.70. The van der Waals surface area contributed by atoms with E-state index in [-0.39, 0.29) is 23.4 Å². The molecule has 4 nitrogen and oxygen atoms in total. The Hall–Kier alpha value is -4.44. The Balaban J connectivity index is 1.33. The van der Waals surface area contributed by atoms with Crippen molar-refractivity contribution in [2.24, 2.45) is 0 Å². The maximum atomic E-state index is 13.9. The van der Waals surface area contributed by atoms with Crippen molar-refractivity contribution in [3.63, 3.8) is 0 Å². The Bertz CT molecular complexity index is 1940. The van der Waals surface area contributed by atoms with Gasteiger partial charge in [-0.1, -0.05) is 138 Å². The highest BCUT2D eigenvalue weighted by Gasteiger charge is 2.42. The van der Waals surface area contributed by atoms with Crippen LogP contribution in [0.1, 0.15) is 116 Å². The Morgan fingerprint density at radius 3 is 1.75 bits per heavy atom. The van der Waals surface area contributed by atoms with Crippen LogP contribution in [-0.2, 0) is 5.41 Å². The number of carbonyl (C=O) groups excluding carboxylic acids is 2. The topological polar surface area (TPSA) is 52.6 Å². The highest BCUT2D eigenvalue weighted by atomic mass is 16.5. The van der Waals surface area contributed by atoms with Gasteiger partial charge in [0.25, 0.3) is 0 Å². The minimum absolute atomic E-state index is 0.107. The molecule has 0 fully saturated rings. The van der Waals surface area contributed by atoms with Gasteiger partial charge >= 0.3 is 0 Å². The molecule has 4 heteroatoms. The first-order valence-electron chi connectivity index (χ1n) is 17.8. The van der Waals surface area contributed by atoms with E-state index in [1.54, 1.807) is 14.2 Å². The molecule has 0 heterocycles. The van der Waals surface area contributed by atoms with Gasteiger partial charge in [0, 0.05) is 27.3 Å². The van der Waals surface area contributed by atoms with Gasteiger partial charge < -0.3 is 9.47 Å². The van der Waals surface area contributed by atoms with E-state index in [0.29, 0.717) is 22.6 Å². The van der Waals surface area contributed by atoms with Gasteiger partial charge in [0.2, 0.25) is 0 Å². The molecule has 0 aliphatic heterocycles.